The number of benzene rings is 1. The van der Waals surface area contributed by atoms with Gasteiger partial charge in [0.15, 0.2) is 0 Å². The Balaban J connectivity index is 1.66. The maximum Gasteiger partial charge on any atom is 0.269 e. The molecule has 6 nitrogen and oxygen atoms in total. The third kappa shape index (κ3) is 2.17. The molecule has 2 fully saturated rings. The van der Waals surface area contributed by atoms with Gasteiger partial charge < -0.3 is 15.8 Å². The van der Waals surface area contributed by atoms with Gasteiger partial charge in [-0.3, -0.25) is 10.1 Å². The van der Waals surface area contributed by atoms with Crippen molar-refractivity contribution in [2.24, 2.45) is 11.7 Å². The standard InChI is InChI=1S/C13H17N3O3/c14-11-10-2-1-7-19-13(10)12(11)15-8-3-5-9(6-4-8)16(17)18/h3-6,10-13,15H,1-2,7,14H2. The van der Waals surface area contributed by atoms with Gasteiger partial charge in [0.1, 0.15) is 0 Å². The molecule has 1 aromatic rings. The van der Waals surface area contributed by atoms with Gasteiger partial charge in [0, 0.05) is 36.4 Å². The van der Waals surface area contributed by atoms with Crippen molar-refractivity contribution in [1.29, 1.82) is 0 Å². The summed E-state index contributed by atoms with van der Waals surface area (Å²) in [6, 6.07) is 6.60. The predicted octanol–water partition coefficient (Wildman–Crippen LogP) is 1.51. The molecule has 0 spiro atoms. The zero-order chi connectivity index (χ0) is 13.4. The second-order valence-corrected chi connectivity index (χ2v) is 5.19. The van der Waals surface area contributed by atoms with Crippen LogP contribution in [0.3, 0.4) is 0 Å². The molecule has 1 aliphatic heterocycles. The summed E-state index contributed by atoms with van der Waals surface area (Å²) in [4.78, 5) is 10.2. The zero-order valence-electron chi connectivity index (χ0n) is 10.5. The Labute approximate surface area is 111 Å². The SMILES string of the molecule is NC1C2CCCOC2C1Nc1ccc([N+](=O)[O-])cc1. The molecule has 4 unspecified atom stereocenters. The lowest BCUT2D eigenvalue weighted by molar-refractivity contribution is -0.384. The summed E-state index contributed by atoms with van der Waals surface area (Å²) in [5.41, 5.74) is 7.09. The van der Waals surface area contributed by atoms with Crippen LogP contribution in [-0.2, 0) is 4.74 Å². The molecule has 4 atom stereocenters. The first-order valence-electron chi connectivity index (χ1n) is 6.55. The number of ether oxygens (including phenoxy) is 1. The quantitative estimate of drug-likeness (QED) is 0.637. The van der Waals surface area contributed by atoms with E-state index in [1.165, 1.54) is 12.1 Å². The number of fused-ring (bicyclic) bond motifs is 1. The highest BCUT2D eigenvalue weighted by Crippen LogP contribution is 2.38. The molecule has 19 heavy (non-hydrogen) atoms. The fourth-order valence-electron chi connectivity index (χ4n) is 3.00. The van der Waals surface area contributed by atoms with Gasteiger partial charge in [0.05, 0.1) is 17.1 Å². The Hall–Kier alpha value is -1.66. The smallest absolute Gasteiger partial charge is 0.269 e. The van der Waals surface area contributed by atoms with E-state index in [0.29, 0.717) is 5.92 Å². The minimum Gasteiger partial charge on any atom is -0.378 e. The molecule has 1 aliphatic carbocycles. The Bertz CT molecular complexity index is 477. The first-order valence-corrected chi connectivity index (χ1v) is 6.55. The summed E-state index contributed by atoms with van der Waals surface area (Å²) in [5.74, 6) is 0.448. The van der Waals surface area contributed by atoms with Crippen LogP contribution in [0.25, 0.3) is 0 Å². The minimum absolute atomic E-state index is 0.0928. The van der Waals surface area contributed by atoms with Crippen LogP contribution in [-0.4, -0.2) is 29.7 Å². The number of nitrogens with zero attached hydrogens (tertiary/aromatic N) is 1. The molecule has 1 heterocycles. The van der Waals surface area contributed by atoms with E-state index in [2.05, 4.69) is 5.32 Å². The van der Waals surface area contributed by atoms with Crippen molar-refractivity contribution in [2.45, 2.75) is 31.0 Å². The lowest BCUT2D eigenvalue weighted by atomic mass is 9.68. The van der Waals surface area contributed by atoms with Crippen molar-refractivity contribution in [1.82, 2.24) is 0 Å². The van der Waals surface area contributed by atoms with Crippen LogP contribution in [0.1, 0.15) is 12.8 Å². The minimum atomic E-state index is -0.404. The zero-order valence-corrected chi connectivity index (χ0v) is 10.5. The summed E-state index contributed by atoms with van der Waals surface area (Å²) < 4.78 is 5.74. The van der Waals surface area contributed by atoms with E-state index in [-0.39, 0.29) is 23.9 Å². The average Bonchev–Trinajstić information content (AvgIpc) is 2.45. The molecule has 1 aromatic carbocycles. The first-order chi connectivity index (χ1) is 9.16. The number of nitro benzene ring substituents is 1. The second-order valence-electron chi connectivity index (χ2n) is 5.19. The number of rotatable bonds is 3. The van der Waals surface area contributed by atoms with Crippen LogP contribution in [0.2, 0.25) is 0 Å². The summed E-state index contributed by atoms with van der Waals surface area (Å²) in [7, 11) is 0. The number of non-ortho nitro benzene ring substituents is 1. The number of anilines is 1. The van der Waals surface area contributed by atoms with Crippen LogP contribution in [0.5, 0.6) is 0 Å². The van der Waals surface area contributed by atoms with Gasteiger partial charge in [-0.15, -0.1) is 0 Å². The van der Waals surface area contributed by atoms with Crippen molar-refractivity contribution in [2.75, 3.05) is 11.9 Å². The van der Waals surface area contributed by atoms with Crippen molar-refractivity contribution in [3.63, 3.8) is 0 Å². The van der Waals surface area contributed by atoms with E-state index in [1.807, 2.05) is 0 Å². The van der Waals surface area contributed by atoms with Crippen LogP contribution in [0.4, 0.5) is 11.4 Å². The number of nitro groups is 1. The molecule has 3 N–H and O–H groups in total. The van der Waals surface area contributed by atoms with E-state index in [9.17, 15) is 10.1 Å². The van der Waals surface area contributed by atoms with E-state index in [0.717, 1.165) is 25.1 Å². The van der Waals surface area contributed by atoms with Crippen LogP contribution in [0, 0.1) is 16.0 Å². The van der Waals surface area contributed by atoms with E-state index in [1.54, 1.807) is 12.1 Å². The normalized spacial score (nSPS) is 33.1. The van der Waals surface area contributed by atoms with Gasteiger partial charge in [0.2, 0.25) is 0 Å². The van der Waals surface area contributed by atoms with Crippen LogP contribution < -0.4 is 11.1 Å². The number of hydrogen-bond acceptors (Lipinski definition) is 5. The molecule has 6 heteroatoms. The molecule has 0 radical (unpaired) electrons. The summed E-state index contributed by atoms with van der Waals surface area (Å²) in [6.45, 7) is 0.798. The van der Waals surface area contributed by atoms with Gasteiger partial charge in [-0.25, -0.2) is 0 Å². The molecular weight excluding hydrogens is 246 g/mol. The highest BCUT2D eigenvalue weighted by molar-refractivity contribution is 5.50. The molecule has 1 saturated carbocycles. The van der Waals surface area contributed by atoms with Crippen molar-refractivity contribution in [3.8, 4) is 0 Å². The predicted molar refractivity (Wildman–Crippen MR) is 70.9 cm³/mol. The van der Waals surface area contributed by atoms with Gasteiger partial charge in [-0.05, 0) is 25.0 Å². The van der Waals surface area contributed by atoms with E-state index in [4.69, 9.17) is 10.5 Å². The van der Waals surface area contributed by atoms with E-state index >= 15 is 0 Å². The van der Waals surface area contributed by atoms with Crippen molar-refractivity contribution >= 4 is 11.4 Å². The first kappa shape index (κ1) is 12.4. The largest absolute Gasteiger partial charge is 0.378 e. The monoisotopic (exact) mass is 263 g/mol. The maximum atomic E-state index is 10.6. The van der Waals surface area contributed by atoms with Crippen LogP contribution in [0.15, 0.2) is 24.3 Å². The number of hydrogen-bond donors (Lipinski definition) is 2. The second kappa shape index (κ2) is 4.79. The fraction of sp³-hybridized carbons (Fsp3) is 0.538. The molecule has 2 aliphatic rings. The highest BCUT2D eigenvalue weighted by atomic mass is 16.6. The summed E-state index contributed by atoms with van der Waals surface area (Å²) >= 11 is 0. The Kier molecular flexibility index (Phi) is 3.12. The molecule has 102 valence electrons. The molecular formula is C13H17N3O3. The Morgan fingerprint density at radius 1 is 1.37 bits per heavy atom. The highest BCUT2D eigenvalue weighted by Gasteiger charge is 2.50. The molecule has 1 saturated heterocycles. The lowest BCUT2D eigenvalue weighted by Crippen LogP contribution is -2.69. The van der Waals surface area contributed by atoms with Gasteiger partial charge >= 0.3 is 0 Å². The fourth-order valence-corrected chi connectivity index (χ4v) is 3.00. The summed E-state index contributed by atoms with van der Waals surface area (Å²) in [6.07, 6.45) is 2.39. The van der Waals surface area contributed by atoms with Gasteiger partial charge in [0.25, 0.3) is 5.69 Å². The molecule has 0 amide bonds. The lowest BCUT2D eigenvalue weighted by Gasteiger charge is -2.52. The molecule has 3 rings (SSSR count). The Morgan fingerprint density at radius 3 is 2.79 bits per heavy atom. The van der Waals surface area contributed by atoms with Crippen molar-refractivity contribution in [3.05, 3.63) is 34.4 Å². The topological polar surface area (TPSA) is 90.4 Å². The number of nitrogens with two attached hydrogens (primary N) is 1. The number of nitrogens with one attached hydrogen (secondary N) is 1. The third-order valence-corrected chi connectivity index (χ3v) is 4.09. The molecule has 0 aromatic heterocycles. The van der Waals surface area contributed by atoms with E-state index < -0.39 is 4.92 Å². The molecule has 0 bridgehead atoms. The Morgan fingerprint density at radius 2 is 2.11 bits per heavy atom. The van der Waals surface area contributed by atoms with Gasteiger partial charge in [-0.1, -0.05) is 0 Å². The van der Waals surface area contributed by atoms with Crippen molar-refractivity contribution < 1.29 is 9.66 Å². The van der Waals surface area contributed by atoms with Gasteiger partial charge in [-0.2, -0.15) is 0 Å². The average molecular weight is 263 g/mol. The maximum absolute atomic E-state index is 10.6. The van der Waals surface area contributed by atoms with Crippen LogP contribution >= 0.6 is 0 Å². The summed E-state index contributed by atoms with van der Waals surface area (Å²) in [5, 5.41) is 13.9. The third-order valence-electron chi connectivity index (χ3n) is 4.09.